The topological polar surface area (TPSA) is 93.8 Å². The van der Waals surface area contributed by atoms with Crippen molar-refractivity contribution in [2.75, 3.05) is 12.1 Å². The van der Waals surface area contributed by atoms with Gasteiger partial charge in [0.1, 0.15) is 6.26 Å². The van der Waals surface area contributed by atoms with Gasteiger partial charge in [-0.25, -0.2) is 4.79 Å². The summed E-state index contributed by atoms with van der Waals surface area (Å²) in [4.78, 5) is 14.4. The van der Waals surface area contributed by atoms with Crippen molar-refractivity contribution in [2.24, 2.45) is 0 Å². The predicted molar refractivity (Wildman–Crippen MR) is 63.4 cm³/mol. The zero-order valence-electron chi connectivity index (χ0n) is 9.75. The second-order valence-corrected chi connectivity index (χ2v) is 3.88. The maximum absolute atomic E-state index is 10.6. The molecule has 3 rings (SSSR count). The zero-order valence-corrected chi connectivity index (χ0v) is 9.75. The van der Waals surface area contributed by atoms with Crippen LogP contribution in [0, 0.1) is 0 Å². The van der Waals surface area contributed by atoms with E-state index in [0.29, 0.717) is 18.0 Å². The molecule has 0 aliphatic carbocycles. The molecule has 0 fully saturated rings. The number of anilines is 1. The van der Waals surface area contributed by atoms with Crippen LogP contribution in [-0.2, 0) is 6.54 Å². The van der Waals surface area contributed by atoms with Crippen LogP contribution >= 0.6 is 0 Å². The molecule has 0 bridgehead atoms. The highest BCUT2D eigenvalue weighted by molar-refractivity contribution is 5.85. The number of ether oxygens (including phenoxy) is 2. The second-order valence-electron chi connectivity index (χ2n) is 3.88. The lowest BCUT2D eigenvalue weighted by molar-refractivity contribution is 0.0690. The fourth-order valence-electron chi connectivity index (χ4n) is 1.68. The van der Waals surface area contributed by atoms with Gasteiger partial charge >= 0.3 is 5.97 Å². The number of carbonyl (C=O) groups is 1. The molecule has 2 N–H and O–H groups in total. The van der Waals surface area contributed by atoms with Crippen LogP contribution in [0.15, 0.2) is 28.9 Å². The number of aromatic carboxylic acids is 1. The van der Waals surface area contributed by atoms with Crippen LogP contribution in [0.1, 0.15) is 16.1 Å². The Morgan fingerprint density at radius 3 is 3.00 bits per heavy atom. The van der Waals surface area contributed by atoms with Crippen LogP contribution in [0.5, 0.6) is 11.5 Å². The fraction of sp³-hybridized carbons (Fsp3) is 0.167. The highest BCUT2D eigenvalue weighted by Gasteiger charge is 2.14. The van der Waals surface area contributed by atoms with Crippen LogP contribution in [0.25, 0.3) is 0 Å². The van der Waals surface area contributed by atoms with E-state index in [4.69, 9.17) is 19.0 Å². The minimum absolute atomic E-state index is 0.131. The van der Waals surface area contributed by atoms with Crippen molar-refractivity contribution < 1.29 is 23.8 Å². The second kappa shape index (κ2) is 4.52. The number of hydrogen-bond donors (Lipinski definition) is 2. The van der Waals surface area contributed by atoms with E-state index in [0.717, 1.165) is 11.8 Å². The number of rotatable bonds is 4. The molecule has 7 nitrogen and oxygen atoms in total. The van der Waals surface area contributed by atoms with Gasteiger partial charge in [0, 0.05) is 6.54 Å². The average Bonchev–Trinajstić information content (AvgIpc) is 3.04. The SMILES string of the molecule is O=C(O)c1coc(NCc2ccc3c(c2)OCO3)n1. The summed E-state index contributed by atoms with van der Waals surface area (Å²) in [5, 5.41) is 11.6. The Kier molecular flexibility index (Phi) is 2.71. The third-order valence-corrected chi connectivity index (χ3v) is 2.60. The van der Waals surface area contributed by atoms with Crippen molar-refractivity contribution in [3.05, 3.63) is 35.7 Å². The molecule has 1 aliphatic heterocycles. The summed E-state index contributed by atoms with van der Waals surface area (Å²) in [6.07, 6.45) is 1.09. The van der Waals surface area contributed by atoms with Gasteiger partial charge < -0.3 is 24.3 Å². The van der Waals surface area contributed by atoms with E-state index in [9.17, 15) is 4.79 Å². The van der Waals surface area contributed by atoms with Gasteiger partial charge in [-0.05, 0) is 17.7 Å². The molecule has 0 atom stereocenters. The van der Waals surface area contributed by atoms with Crippen molar-refractivity contribution in [3.8, 4) is 11.5 Å². The van der Waals surface area contributed by atoms with E-state index in [2.05, 4.69) is 10.3 Å². The van der Waals surface area contributed by atoms with Gasteiger partial charge in [-0.3, -0.25) is 0 Å². The number of hydrogen-bond acceptors (Lipinski definition) is 6. The summed E-state index contributed by atoms with van der Waals surface area (Å²) in [6, 6.07) is 5.70. The Balaban J connectivity index is 1.67. The molecule has 2 aromatic rings. The lowest BCUT2D eigenvalue weighted by Crippen LogP contribution is -2.01. The molecule has 19 heavy (non-hydrogen) atoms. The number of carboxylic acids is 1. The van der Waals surface area contributed by atoms with Gasteiger partial charge in [-0.15, -0.1) is 0 Å². The molecule has 7 heteroatoms. The Morgan fingerprint density at radius 2 is 2.21 bits per heavy atom. The van der Waals surface area contributed by atoms with E-state index < -0.39 is 5.97 Å². The minimum Gasteiger partial charge on any atom is -0.476 e. The van der Waals surface area contributed by atoms with Gasteiger partial charge in [-0.1, -0.05) is 6.07 Å². The van der Waals surface area contributed by atoms with Gasteiger partial charge in [0.2, 0.25) is 6.79 Å². The first kappa shape index (κ1) is 11.4. The molecule has 0 spiro atoms. The third-order valence-electron chi connectivity index (χ3n) is 2.60. The number of fused-ring (bicyclic) bond motifs is 1. The molecule has 1 aromatic carbocycles. The summed E-state index contributed by atoms with van der Waals surface area (Å²) in [5.41, 5.74) is 0.813. The van der Waals surface area contributed by atoms with Gasteiger partial charge in [0.15, 0.2) is 17.2 Å². The number of carboxylic acid groups (broad SMARTS) is 1. The van der Waals surface area contributed by atoms with E-state index in [1.54, 1.807) is 0 Å². The zero-order chi connectivity index (χ0) is 13.2. The van der Waals surface area contributed by atoms with Gasteiger partial charge in [-0.2, -0.15) is 4.98 Å². The predicted octanol–water partition coefficient (Wildman–Crippen LogP) is 1.71. The number of oxazole rings is 1. The van der Waals surface area contributed by atoms with Crippen LogP contribution in [0.2, 0.25) is 0 Å². The van der Waals surface area contributed by atoms with Gasteiger partial charge in [0.25, 0.3) is 6.01 Å². The van der Waals surface area contributed by atoms with Gasteiger partial charge in [0.05, 0.1) is 0 Å². The fourth-order valence-corrected chi connectivity index (χ4v) is 1.68. The molecule has 0 saturated heterocycles. The number of benzene rings is 1. The van der Waals surface area contributed by atoms with Crippen LogP contribution in [0.3, 0.4) is 0 Å². The van der Waals surface area contributed by atoms with E-state index in [-0.39, 0.29) is 18.5 Å². The van der Waals surface area contributed by atoms with Crippen molar-refractivity contribution >= 4 is 12.0 Å². The maximum Gasteiger partial charge on any atom is 0.357 e. The quantitative estimate of drug-likeness (QED) is 0.866. The molecule has 1 aliphatic rings. The van der Waals surface area contributed by atoms with Crippen molar-refractivity contribution in [1.82, 2.24) is 4.98 Å². The highest BCUT2D eigenvalue weighted by Crippen LogP contribution is 2.32. The molecule has 0 amide bonds. The molecular weight excluding hydrogens is 252 g/mol. The van der Waals surface area contributed by atoms with E-state index in [1.165, 1.54) is 0 Å². The van der Waals surface area contributed by atoms with Crippen molar-refractivity contribution in [2.45, 2.75) is 6.54 Å². The maximum atomic E-state index is 10.6. The molecule has 98 valence electrons. The number of aromatic nitrogens is 1. The number of nitrogens with zero attached hydrogens (tertiary/aromatic N) is 1. The Bertz CT molecular complexity index is 622. The monoisotopic (exact) mass is 262 g/mol. The first-order valence-electron chi connectivity index (χ1n) is 5.53. The van der Waals surface area contributed by atoms with E-state index >= 15 is 0 Å². The Hall–Kier alpha value is -2.70. The molecular formula is C12H10N2O5. The first-order chi connectivity index (χ1) is 9.22. The Labute approximate surface area is 107 Å². The molecule has 0 radical (unpaired) electrons. The highest BCUT2D eigenvalue weighted by atomic mass is 16.7. The average molecular weight is 262 g/mol. The smallest absolute Gasteiger partial charge is 0.357 e. The lowest BCUT2D eigenvalue weighted by atomic mass is 10.2. The standard InChI is InChI=1S/C12H10N2O5/c15-11(16)8-5-17-12(14-8)13-4-7-1-2-9-10(3-7)19-6-18-9/h1-3,5H,4,6H2,(H,13,14)(H,15,16). The summed E-state index contributed by atoms with van der Waals surface area (Å²) in [5.74, 6) is 0.283. The van der Waals surface area contributed by atoms with Crippen LogP contribution < -0.4 is 14.8 Å². The third kappa shape index (κ3) is 2.30. The molecule has 0 saturated carbocycles. The minimum atomic E-state index is -1.13. The van der Waals surface area contributed by atoms with Crippen LogP contribution in [-0.4, -0.2) is 22.9 Å². The molecule has 0 unspecified atom stereocenters. The molecule has 1 aromatic heterocycles. The Morgan fingerprint density at radius 1 is 1.37 bits per heavy atom. The summed E-state index contributed by atoms with van der Waals surface area (Å²) < 4.78 is 15.4. The molecule has 2 heterocycles. The van der Waals surface area contributed by atoms with Crippen molar-refractivity contribution in [3.63, 3.8) is 0 Å². The number of nitrogens with one attached hydrogen (secondary N) is 1. The van der Waals surface area contributed by atoms with Crippen LogP contribution in [0.4, 0.5) is 6.01 Å². The van der Waals surface area contributed by atoms with Crippen molar-refractivity contribution in [1.29, 1.82) is 0 Å². The largest absolute Gasteiger partial charge is 0.476 e. The summed E-state index contributed by atoms with van der Waals surface area (Å²) >= 11 is 0. The first-order valence-corrected chi connectivity index (χ1v) is 5.53. The summed E-state index contributed by atoms with van der Waals surface area (Å²) in [6.45, 7) is 0.671. The normalized spacial score (nSPS) is 12.4. The van der Waals surface area contributed by atoms with E-state index in [1.807, 2.05) is 18.2 Å². The summed E-state index contributed by atoms with van der Waals surface area (Å²) in [7, 11) is 0. The lowest BCUT2D eigenvalue weighted by Gasteiger charge is -2.03.